The zero-order valence-electron chi connectivity index (χ0n) is 16.7. The summed E-state index contributed by atoms with van der Waals surface area (Å²) >= 11 is 0. The van der Waals surface area contributed by atoms with E-state index in [1.807, 2.05) is 39.8 Å². The second-order valence-electron chi connectivity index (χ2n) is 6.92. The fourth-order valence-corrected chi connectivity index (χ4v) is 3.56. The lowest BCUT2D eigenvalue weighted by Gasteiger charge is -2.37. The fraction of sp³-hybridized carbons (Fsp3) is 0.286. The van der Waals surface area contributed by atoms with Gasteiger partial charge in [0.1, 0.15) is 18.0 Å². The minimum Gasteiger partial charge on any atom is -0.366 e. The van der Waals surface area contributed by atoms with Crippen LogP contribution < -0.4 is 10.2 Å². The Kier molecular flexibility index (Phi) is 5.87. The summed E-state index contributed by atoms with van der Waals surface area (Å²) in [4.78, 5) is 8.31. The highest BCUT2D eigenvalue weighted by Crippen LogP contribution is 2.22. The number of hydrogen-bond acceptors (Lipinski definition) is 4. The van der Waals surface area contributed by atoms with Gasteiger partial charge in [-0.1, -0.05) is 18.2 Å². The molecule has 1 fully saturated rings. The summed E-state index contributed by atoms with van der Waals surface area (Å²) in [5, 5.41) is 11.6. The summed E-state index contributed by atoms with van der Waals surface area (Å²) in [6.07, 6.45) is 1.68. The zero-order valence-corrected chi connectivity index (χ0v) is 16.7. The van der Waals surface area contributed by atoms with Gasteiger partial charge in [0.15, 0.2) is 11.8 Å². The van der Waals surface area contributed by atoms with E-state index in [2.05, 4.69) is 25.4 Å². The Labute approximate surface area is 173 Å². The van der Waals surface area contributed by atoms with E-state index in [0.717, 1.165) is 23.5 Å². The van der Waals surface area contributed by atoms with E-state index < -0.39 is 11.6 Å². The average Bonchev–Trinajstić information content (AvgIpc) is 3.26. The van der Waals surface area contributed by atoms with Gasteiger partial charge in [-0.2, -0.15) is 0 Å². The molecule has 0 amide bonds. The molecule has 1 N–H and O–H groups in total. The predicted octanol–water partition coefficient (Wildman–Crippen LogP) is 2.44. The maximum atomic E-state index is 14.1. The van der Waals surface area contributed by atoms with Gasteiger partial charge in [0.2, 0.25) is 0 Å². The third-order valence-corrected chi connectivity index (χ3v) is 5.10. The topological polar surface area (TPSA) is 61.6 Å². The van der Waals surface area contributed by atoms with Crippen LogP contribution in [0.5, 0.6) is 0 Å². The first-order valence-corrected chi connectivity index (χ1v) is 9.75. The molecule has 0 atom stereocenters. The van der Waals surface area contributed by atoms with Gasteiger partial charge in [0.05, 0.1) is 12.2 Å². The van der Waals surface area contributed by atoms with Crippen LogP contribution in [0.1, 0.15) is 5.82 Å². The molecule has 1 aliphatic rings. The van der Waals surface area contributed by atoms with Crippen molar-refractivity contribution in [1.29, 1.82) is 0 Å². The molecule has 0 aliphatic carbocycles. The first-order chi connectivity index (χ1) is 14.7. The number of para-hydroxylation sites is 1. The van der Waals surface area contributed by atoms with Crippen molar-refractivity contribution >= 4 is 11.6 Å². The van der Waals surface area contributed by atoms with Crippen molar-refractivity contribution in [1.82, 2.24) is 25.0 Å². The summed E-state index contributed by atoms with van der Waals surface area (Å²) in [6.45, 7) is 2.88. The Morgan fingerprint density at radius 3 is 2.57 bits per heavy atom. The number of anilines is 1. The van der Waals surface area contributed by atoms with Crippen LogP contribution in [-0.4, -0.2) is 58.9 Å². The maximum absolute atomic E-state index is 14.1. The van der Waals surface area contributed by atoms with Crippen molar-refractivity contribution in [3.05, 3.63) is 72.3 Å². The van der Waals surface area contributed by atoms with E-state index >= 15 is 0 Å². The third kappa shape index (κ3) is 4.24. The molecular formula is C21H23F2N7. The Hall–Kier alpha value is -3.49. The normalized spacial score (nSPS) is 14.8. The number of nitrogens with one attached hydrogen (secondary N) is 1. The van der Waals surface area contributed by atoms with Crippen LogP contribution in [0.2, 0.25) is 0 Å². The van der Waals surface area contributed by atoms with Crippen LogP contribution in [0.15, 0.2) is 59.9 Å². The molecule has 1 aliphatic heterocycles. The van der Waals surface area contributed by atoms with E-state index in [-0.39, 0.29) is 0 Å². The number of guanidine groups is 1. The number of aliphatic imine (C=N–C) groups is 1. The first kappa shape index (κ1) is 19.8. The molecule has 0 spiro atoms. The molecule has 3 aromatic rings. The summed E-state index contributed by atoms with van der Waals surface area (Å²) in [5.74, 6) is 0.654. The number of hydrogen-bond donors (Lipinski definition) is 1. The summed E-state index contributed by atoms with van der Waals surface area (Å²) in [7, 11) is 1.73. The monoisotopic (exact) mass is 411 g/mol. The highest BCUT2D eigenvalue weighted by molar-refractivity contribution is 5.80. The molecule has 1 saturated heterocycles. The number of piperazine rings is 1. The Bertz CT molecular complexity index is 1010. The number of benzene rings is 2. The molecule has 0 unspecified atom stereocenters. The molecule has 2 heterocycles. The average molecular weight is 411 g/mol. The largest absolute Gasteiger partial charge is 0.366 e. The maximum Gasteiger partial charge on any atom is 0.194 e. The minimum atomic E-state index is -0.436. The van der Waals surface area contributed by atoms with Gasteiger partial charge < -0.3 is 15.1 Å². The van der Waals surface area contributed by atoms with E-state index in [1.165, 1.54) is 12.1 Å². The van der Waals surface area contributed by atoms with Crippen LogP contribution in [0.3, 0.4) is 0 Å². The standard InChI is InChI=1S/C21H23F2N7/c1-24-21(25-14-20-27-26-15-30(20)17-5-3-2-4-6-17)29-11-9-28(10-12-29)19-13-16(22)7-8-18(19)23/h2-8,13,15H,9-12,14H2,1H3,(H,24,25). The molecular weight excluding hydrogens is 388 g/mol. The van der Waals surface area contributed by atoms with E-state index in [9.17, 15) is 8.78 Å². The lowest BCUT2D eigenvalue weighted by molar-refractivity contribution is 0.370. The molecule has 0 saturated carbocycles. The molecule has 0 radical (unpaired) electrons. The van der Waals surface area contributed by atoms with Crippen molar-refractivity contribution in [2.45, 2.75) is 6.54 Å². The van der Waals surface area contributed by atoms with Gasteiger partial charge in [0, 0.05) is 45.0 Å². The van der Waals surface area contributed by atoms with Crippen molar-refractivity contribution in [2.24, 2.45) is 4.99 Å². The smallest absolute Gasteiger partial charge is 0.194 e. The molecule has 2 aromatic carbocycles. The Morgan fingerprint density at radius 2 is 1.83 bits per heavy atom. The number of halogens is 2. The second-order valence-corrected chi connectivity index (χ2v) is 6.92. The quantitative estimate of drug-likeness (QED) is 0.528. The number of aromatic nitrogens is 3. The molecule has 0 bridgehead atoms. The number of rotatable bonds is 4. The van der Waals surface area contributed by atoms with E-state index in [4.69, 9.17) is 0 Å². The van der Waals surface area contributed by atoms with Crippen LogP contribution >= 0.6 is 0 Å². The van der Waals surface area contributed by atoms with Crippen molar-refractivity contribution in [2.75, 3.05) is 38.1 Å². The van der Waals surface area contributed by atoms with Gasteiger partial charge in [-0.05, 0) is 24.3 Å². The van der Waals surface area contributed by atoms with Gasteiger partial charge in [-0.25, -0.2) is 8.78 Å². The highest BCUT2D eigenvalue weighted by Gasteiger charge is 2.22. The lowest BCUT2D eigenvalue weighted by atomic mass is 10.2. The Balaban J connectivity index is 1.37. The molecule has 156 valence electrons. The van der Waals surface area contributed by atoms with Crippen LogP contribution in [0, 0.1) is 11.6 Å². The van der Waals surface area contributed by atoms with Crippen LogP contribution in [0.4, 0.5) is 14.5 Å². The zero-order chi connectivity index (χ0) is 20.9. The van der Waals surface area contributed by atoms with Crippen molar-refractivity contribution in [3.63, 3.8) is 0 Å². The van der Waals surface area contributed by atoms with Crippen molar-refractivity contribution in [3.8, 4) is 5.69 Å². The van der Waals surface area contributed by atoms with E-state index in [1.54, 1.807) is 13.4 Å². The summed E-state index contributed by atoms with van der Waals surface area (Å²) in [6, 6.07) is 13.4. The summed E-state index contributed by atoms with van der Waals surface area (Å²) < 4.78 is 29.5. The molecule has 7 nitrogen and oxygen atoms in total. The SMILES string of the molecule is CN=C(NCc1nncn1-c1ccccc1)N1CCN(c2cc(F)ccc2F)CC1. The van der Waals surface area contributed by atoms with Gasteiger partial charge in [-0.3, -0.25) is 9.56 Å². The van der Waals surface area contributed by atoms with Crippen LogP contribution in [0.25, 0.3) is 5.69 Å². The molecule has 1 aromatic heterocycles. The fourth-order valence-electron chi connectivity index (χ4n) is 3.56. The van der Waals surface area contributed by atoms with Gasteiger partial charge in [-0.15, -0.1) is 10.2 Å². The van der Waals surface area contributed by atoms with E-state index in [0.29, 0.717) is 38.4 Å². The lowest BCUT2D eigenvalue weighted by Crippen LogP contribution is -2.52. The van der Waals surface area contributed by atoms with Crippen LogP contribution in [-0.2, 0) is 6.54 Å². The molecule has 4 rings (SSSR count). The van der Waals surface area contributed by atoms with Gasteiger partial charge >= 0.3 is 0 Å². The van der Waals surface area contributed by atoms with Crippen molar-refractivity contribution < 1.29 is 8.78 Å². The molecule has 30 heavy (non-hydrogen) atoms. The van der Waals surface area contributed by atoms with Gasteiger partial charge in [0.25, 0.3) is 0 Å². The highest BCUT2D eigenvalue weighted by atomic mass is 19.1. The third-order valence-electron chi connectivity index (χ3n) is 5.10. The second kappa shape index (κ2) is 8.89. The summed E-state index contributed by atoms with van der Waals surface area (Å²) in [5.41, 5.74) is 1.29. The minimum absolute atomic E-state index is 0.300. The molecule has 9 heteroatoms. The number of nitrogens with zero attached hydrogens (tertiary/aromatic N) is 6. The Morgan fingerprint density at radius 1 is 1.07 bits per heavy atom. The predicted molar refractivity (Wildman–Crippen MR) is 112 cm³/mol. The first-order valence-electron chi connectivity index (χ1n) is 9.75.